The van der Waals surface area contributed by atoms with E-state index in [4.69, 9.17) is 4.74 Å². The van der Waals surface area contributed by atoms with Crippen molar-refractivity contribution in [3.63, 3.8) is 0 Å². The molecule has 0 unspecified atom stereocenters. The van der Waals surface area contributed by atoms with Gasteiger partial charge in [0.15, 0.2) is 5.79 Å². The number of carbonyl (C=O) groups is 1. The highest BCUT2D eigenvalue weighted by atomic mass is 16.6. The van der Waals surface area contributed by atoms with Gasteiger partial charge in [0.25, 0.3) is 0 Å². The summed E-state index contributed by atoms with van der Waals surface area (Å²) in [4.78, 5) is 11.4. The Kier molecular flexibility index (Phi) is 6.34. The lowest BCUT2D eigenvalue weighted by Crippen LogP contribution is -2.47. The maximum atomic E-state index is 11.4. The summed E-state index contributed by atoms with van der Waals surface area (Å²) in [6.07, 6.45) is -0.108. The molecule has 0 aromatic rings. The minimum atomic E-state index is -1.39. The summed E-state index contributed by atoms with van der Waals surface area (Å²) in [5, 5.41) is 29.7. The zero-order valence-electron chi connectivity index (χ0n) is 13.1. The molecule has 4 atom stereocenters. The SMILES string of the molecule is COC(=O)/C=C1\C[C@@H](C[C@@H](O)[C@@H](C)O)O[C@@](O)(C(C)C)C1. The van der Waals surface area contributed by atoms with Gasteiger partial charge in [-0.15, -0.1) is 0 Å². The number of methoxy groups -OCH3 is 1. The molecule has 21 heavy (non-hydrogen) atoms. The molecule has 1 aliphatic heterocycles. The summed E-state index contributed by atoms with van der Waals surface area (Å²) >= 11 is 0. The molecule has 1 heterocycles. The Balaban J connectivity index is 2.90. The Morgan fingerprint density at radius 2 is 2.10 bits per heavy atom. The molecule has 6 heteroatoms. The van der Waals surface area contributed by atoms with E-state index in [2.05, 4.69) is 4.74 Å². The van der Waals surface area contributed by atoms with Crippen LogP contribution in [0.3, 0.4) is 0 Å². The molecule has 6 nitrogen and oxygen atoms in total. The van der Waals surface area contributed by atoms with E-state index in [1.165, 1.54) is 20.1 Å². The average molecular weight is 302 g/mol. The van der Waals surface area contributed by atoms with Gasteiger partial charge in [0.1, 0.15) is 0 Å². The number of hydrogen-bond donors (Lipinski definition) is 3. The molecule has 1 saturated heterocycles. The molecule has 0 saturated carbocycles. The van der Waals surface area contributed by atoms with Gasteiger partial charge in [-0.05, 0) is 13.3 Å². The minimum absolute atomic E-state index is 0.176. The molecular weight excluding hydrogens is 276 g/mol. The van der Waals surface area contributed by atoms with Gasteiger partial charge in [0.05, 0.1) is 25.4 Å². The van der Waals surface area contributed by atoms with Gasteiger partial charge in [-0.1, -0.05) is 19.4 Å². The van der Waals surface area contributed by atoms with Gasteiger partial charge in [-0.3, -0.25) is 0 Å². The standard InChI is InChI=1S/C15H26O6/c1-9(2)15(19)8-11(6-14(18)20-4)5-12(21-15)7-13(17)10(3)16/h6,9-10,12-13,16-17,19H,5,7-8H2,1-4H3/b11-6+/t10-,12+,13-,15-/m1/s1. The van der Waals surface area contributed by atoms with Crippen LogP contribution < -0.4 is 0 Å². The molecule has 0 amide bonds. The van der Waals surface area contributed by atoms with E-state index in [1.54, 1.807) is 0 Å². The highest BCUT2D eigenvalue weighted by Gasteiger charge is 2.41. The van der Waals surface area contributed by atoms with E-state index in [0.29, 0.717) is 12.0 Å². The molecule has 0 aromatic carbocycles. The number of esters is 1. The van der Waals surface area contributed by atoms with Crippen LogP contribution in [0.25, 0.3) is 0 Å². The third-order valence-corrected chi connectivity index (χ3v) is 3.83. The summed E-state index contributed by atoms with van der Waals surface area (Å²) in [7, 11) is 1.29. The lowest BCUT2D eigenvalue weighted by molar-refractivity contribution is -0.269. The smallest absolute Gasteiger partial charge is 0.330 e. The van der Waals surface area contributed by atoms with Crippen LogP contribution in [0.2, 0.25) is 0 Å². The van der Waals surface area contributed by atoms with Crippen molar-refractivity contribution in [3.05, 3.63) is 11.6 Å². The second-order valence-corrected chi connectivity index (χ2v) is 5.99. The Morgan fingerprint density at radius 3 is 2.57 bits per heavy atom. The third-order valence-electron chi connectivity index (χ3n) is 3.83. The first-order valence-electron chi connectivity index (χ1n) is 7.21. The number of ether oxygens (including phenoxy) is 2. The largest absolute Gasteiger partial charge is 0.466 e. The first kappa shape index (κ1) is 18.1. The molecule has 0 bridgehead atoms. The van der Waals surface area contributed by atoms with E-state index in [1.807, 2.05) is 13.8 Å². The van der Waals surface area contributed by atoms with Crippen molar-refractivity contribution in [3.8, 4) is 0 Å². The molecule has 1 rings (SSSR count). The maximum Gasteiger partial charge on any atom is 0.330 e. The van der Waals surface area contributed by atoms with E-state index < -0.39 is 30.1 Å². The summed E-state index contributed by atoms with van der Waals surface area (Å²) in [5.41, 5.74) is 0.715. The van der Waals surface area contributed by atoms with Crippen molar-refractivity contribution >= 4 is 5.97 Å². The van der Waals surface area contributed by atoms with E-state index in [9.17, 15) is 20.1 Å². The van der Waals surface area contributed by atoms with Crippen molar-refractivity contribution in [2.75, 3.05) is 7.11 Å². The lowest BCUT2D eigenvalue weighted by Gasteiger charge is -2.42. The Bertz CT molecular complexity index is 390. The predicted octanol–water partition coefficient (Wildman–Crippen LogP) is 0.741. The van der Waals surface area contributed by atoms with Crippen molar-refractivity contribution in [2.24, 2.45) is 5.92 Å². The van der Waals surface area contributed by atoms with Crippen LogP contribution in [-0.2, 0) is 14.3 Å². The van der Waals surface area contributed by atoms with Crippen LogP contribution in [-0.4, -0.2) is 52.5 Å². The number of aliphatic hydroxyl groups is 3. The van der Waals surface area contributed by atoms with Crippen LogP contribution >= 0.6 is 0 Å². The average Bonchev–Trinajstić information content (AvgIpc) is 2.37. The maximum absolute atomic E-state index is 11.4. The monoisotopic (exact) mass is 302 g/mol. The fourth-order valence-electron chi connectivity index (χ4n) is 2.34. The molecular formula is C15H26O6. The summed E-state index contributed by atoms with van der Waals surface area (Å²) in [5.74, 6) is -2.04. The van der Waals surface area contributed by atoms with Gasteiger partial charge in [-0.2, -0.15) is 0 Å². The van der Waals surface area contributed by atoms with Crippen molar-refractivity contribution in [1.82, 2.24) is 0 Å². The number of aliphatic hydroxyl groups excluding tert-OH is 2. The topological polar surface area (TPSA) is 96.2 Å². The third kappa shape index (κ3) is 5.07. The highest BCUT2D eigenvalue weighted by molar-refractivity contribution is 5.82. The van der Waals surface area contributed by atoms with Crippen molar-refractivity contribution in [1.29, 1.82) is 0 Å². The van der Waals surface area contributed by atoms with Gasteiger partial charge in [0, 0.05) is 24.8 Å². The normalized spacial score (nSPS) is 31.2. The second-order valence-electron chi connectivity index (χ2n) is 5.99. The predicted molar refractivity (Wildman–Crippen MR) is 76.3 cm³/mol. The molecule has 0 aliphatic carbocycles. The number of hydrogen-bond acceptors (Lipinski definition) is 6. The number of carbonyl (C=O) groups excluding carboxylic acids is 1. The summed E-state index contributed by atoms with van der Waals surface area (Å²) < 4.78 is 10.3. The minimum Gasteiger partial charge on any atom is -0.466 e. The van der Waals surface area contributed by atoms with Crippen LogP contribution in [0, 0.1) is 5.92 Å². The Hall–Kier alpha value is -0.950. The van der Waals surface area contributed by atoms with Crippen LogP contribution in [0.1, 0.15) is 40.0 Å². The Labute approximate surface area is 125 Å². The molecule has 3 N–H and O–H groups in total. The van der Waals surface area contributed by atoms with Gasteiger partial charge in [-0.25, -0.2) is 4.79 Å². The molecule has 1 fully saturated rings. The van der Waals surface area contributed by atoms with Crippen LogP contribution in [0.4, 0.5) is 0 Å². The van der Waals surface area contributed by atoms with Gasteiger partial charge < -0.3 is 24.8 Å². The first-order chi connectivity index (χ1) is 9.67. The Morgan fingerprint density at radius 1 is 1.48 bits per heavy atom. The zero-order chi connectivity index (χ0) is 16.2. The molecule has 0 radical (unpaired) electrons. The summed E-state index contributed by atoms with van der Waals surface area (Å²) in [6.45, 7) is 5.14. The van der Waals surface area contributed by atoms with Gasteiger partial charge >= 0.3 is 5.97 Å². The lowest BCUT2D eigenvalue weighted by atomic mass is 9.87. The molecule has 0 aromatic heterocycles. The molecule has 0 spiro atoms. The van der Waals surface area contributed by atoms with Gasteiger partial charge in [0.2, 0.25) is 0 Å². The summed E-state index contributed by atoms with van der Waals surface area (Å²) in [6, 6.07) is 0. The fourth-order valence-corrected chi connectivity index (χ4v) is 2.34. The van der Waals surface area contributed by atoms with Crippen molar-refractivity contribution in [2.45, 2.75) is 64.1 Å². The van der Waals surface area contributed by atoms with Crippen LogP contribution in [0.5, 0.6) is 0 Å². The fraction of sp³-hybridized carbons (Fsp3) is 0.800. The second kappa shape index (κ2) is 7.35. The number of rotatable bonds is 5. The first-order valence-corrected chi connectivity index (χ1v) is 7.21. The zero-order valence-corrected chi connectivity index (χ0v) is 13.1. The molecule has 1 aliphatic rings. The quantitative estimate of drug-likeness (QED) is 0.512. The van der Waals surface area contributed by atoms with E-state index in [0.717, 1.165) is 0 Å². The van der Waals surface area contributed by atoms with Crippen molar-refractivity contribution < 1.29 is 29.6 Å². The highest BCUT2D eigenvalue weighted by Crippen LogP contribution is 2.37. The van der Waals surface area contributed by atoms with Crippen LogP contribution in [0.15, 0.2) is 11.6 Å². The van der Waals surface area contributed by atoms with E-state index >= 15 is 0 Å². The van der Waals surface area contributed by atoms with E-state index in [-0.39, 0.29) is 18.8 Å². The molecule has 122 valence electrons.